The van der Waals surface area contributed by atoms with Crippen molar-refractivity contribution in [2.75, 3.05) is 16.4 Å². The number of benzene rings is 5. The lowest BCUT2D eigenvalue weighted by Gasteiger charge is -2.32. The zero-order valence-corrected chi connectivity index (χ0v) is 53.7. The smallest absolute Gasteiger partial charge is 0.445 e. The van der Waals surface area contributed by atoms with Gasteiger partial charge in [-0.2, -0.15) is 0 Å². The first kappa shape index (κ1) is 67.1. The Balaban J connectivity index is 0.000000165. The van der Waals surface area contributed by atoms with Crippen molar-refractivity contribution < 1.29 is 58.9 Å². The summed E-state index contributed by atoms with van der Waals surface area (Å²) >= 11 is 15.3. The van der Waals surface area contributed by atoms with Crippen LogP contribution in [0, 0.1) is 69.5 Å². The van der Waals surface area contributed by atoms with Crippen LogP contribution in [0.4, 0.5) is 41.7 Å². The molecule has 5 aromatic heterocycles. The lowest BCUT2D eigenvalue weighted by Crippen LogP contribution is -2.41. The van der Waals surface area contributed by atoms with Gasteiger partial charge in [-0.05, 0) is 183 Å². The average Bonchev–Trinajstić information content (AvgIpc) is 1.83. The van der Waals surface area contributed by atoms with E-state index >= 15 is 0 Å². The van der Waals surface area contributed by atoms with Crippen LogP contribution in [0.3, 0.4) is 0 Å². The maximum atomic E-state index is 13.9. The van der Waals surface area contributed by atoms with Gasteiger partial charge in [0.1, 0.15) is 64.1 Å². The summed E-state index contributed by atoms with van der Waals surface area (Å²) < 4.78 is 104. The number of aromatic nitrogens is 5. The Labute approximate surface area is 529 Å². The third kappa shape index (κ3) is 16.8. The Kier molecular flexibility index (Phi) is 22.5. The second-order valence-electron chi connectivity index (χ2n) is 19.6. The number of halogens is 9. The molecule has 0 aliphatic carbocycles. The highest BCUT2D eigenvalue weighted by molar-refractivity contribution is 9.11. The van der Waals surface area contributed by atoms with Crippen molar-refractivity contribution in [1.82, 2.24) is 24.9 Å². The number of rotatable bonds is 9. The molecule has 6 heterocycles. The Hall–Kier alpha value is -7.37. The van der Waals surface area contributed by atoms with E-state index in [1.54, 1.807) is 25.6 Å². The van der Waals surface area contributed by atoms with E-state index in [2.05, 4.69) is 102 Å². The van der Waals surface area contributed by atoms with Gasteiger partial charge in [-0.3, -0.25) is 25.0 Å². The average molecular weight is 1400 g/mol. The minimum atomic E-state index is -1.12. The van der Waals surface area contributed by atoms with Crippen molar-refractivity contribution >= 4 is 123 Å². The zero-order chi connectivity index (χ0) is 63.7. The lowest BCUT2D eigenvalue weighted by atomic mass is 9.75. The molecule has 1 fully saturated rings. The van der Waals surface area contributed by atoms with Crippen molar-refractivity contribution in [3.63, 3.8) is 0 Å². The van der Waals surface area contributed by atoms with Crippen LogP contribution >= 0.6 is 77.5 Å². The number of nitrogen functional groups attached to an aromatic ring is 1. The van der Waals surface area contributed by atoms with Crippen LogP contribution in [0.15, 0.2) is 132 Å². The summed E-state index contributed by atoms with van der Waals surface area (Å²) in [6, 6.07) is 21.5. The lowest BCUT2D eigenvalue weighted by molar-refractivity contribution is 0.00578. The Morgan fingerprint density at radius 3 is 1.36 bits per heavy atom. The highest BCUT2D eigenvalue weighted by atomic mass is 79.9. The number of oxazole rings is 2. The van der Waals surface area contributed by atoms with Crippen LogP contribution < -0.4 is 21.8 Å². The molecule has 0 spiro atoms. The number of carbonyl (C=O) groups is 3. The van der Waals surface area contributed by atoms with Crippen LogP contribution in [0.1, 0.15) is 87.0 Å². The predicted octanol–water partition coefficient (Wildman–Crippen LogP) is 16.4. The predicted molar refractivity (Wildman–Crippen MR) is 334 cm³/mol. The minimum absolute atomic E-state index is 0.256. The minimum Gasteiger partial charge on any atom is -0.445 e. The molecule has 15 nitrogen and oxygen atoms in total. The first-order valence-electron chi connectivity index (χ1n) is 25.6. The summed E-state index contributed by atoms with van der Waals surface area (Å²) in [5.74, 6) is -6.17. The highest BCUT2D eigenvalue weighted by Crippen LogP contribution is 2.39. The van der Waals surface area contributed by atoms with Crippen molar-refractivity contribution in [2.24, 2.45) is 0 Å². The van der Waals surface area contributed by atoms with Crippen molar-refractivity contribution in [3.8, 4) is 33.3 Å². The fraction of sp³-hybridized carbons (Fsp3) is 0.186. The van der Waals surface area contributed by atoms with Crippen molar-refractivity contribution in [1.29, 1.82) is 0 Å². The molecule has 1 aliphatic heterocycles. The molecule has 1 aliphatic rings. The summed E-state index contributed by atoms with van der Waals surface area (Å²) in [7, 11) is -0.370. The summed E-state index contributed by atoms with van der Waals surface area (Å²) in [5, 5.41) is 4.89. The molecule has 0 atom stereocenters. The molecule has 4 N–H and O–H groups in total. The largest absolute Gasteiger partial charge is 0.495 e. The fourth-order valence-corrected chi connectivity index (χ4v) is 11.3. The summed E-state index contributed by atoms with van der Waals surface area (Å²) in [4.78, 5) is 56.0. The van der Waals surface area contributed by atoms with E-state index < -0.39 is 68.7 Å². The number of nitrogens with zero attached hydrogens (tertiary/aromatic N) is 5. The van der Waals surface area contributed by atoms with E-state index in [1.165, 1.54) is 52.4 Å². The van der Waals surface area contributed by atoms with Gasteiger partial charge in [0, 0.05) is 11.1 Å². The Morgan fingerprint density at radius 1 is 0.563 bits per heavy atom. The van der Waals surface area contributed by atoms with Gasteiger partial charge < -0.3 is 23.9 Å². The summed E-state index contributed by atoms with van der Waals surface area (Å²) in [6.07, 6.45) is 6.29. The standard InChI is InChI=1S/C21H15F2N3O2S.C16H20BNO3.C11H7BrF2N2OS.C7H3ClF2O.C4H5BrN2S/c1-11-6-7-13(20-24-8-9-28-20)10-14(11)18-12(2)25-21(29-18)26-19(27)17-15(22)4-3-5-16(17)23;1-11-6-7-12(14-18-8-9-19-14)10-13(11)17-20-15(2,3)16(4,5)21-17;1-5-9(12)18-11(15-5)16-10(17)8-6(13)3-2-4-7(8)14;8-7(11)6-4(9)2-1-3-5(6)10;1-2-3(5)8-4(6)7-2/h3-10H,1-2H3,(H,25,26,27);6-10H,1-5H3;2-4H,1H3,(H,15,16,17);1-3H;1H3,(H2,6,7). The molecule has 87 heavy (non-hydrogen) atoms. The van der Waals surface area contributed by atoms with Crippen LogP contribution in [-0.4, -0.2) is 60.3 Å². The Bertz CT molecular complexity index is 3980. The van der Waals surface area contributed by atoms with Gasteiger partial charge in [-0.25, -0.2) is 51.3 Å². The van der Waals surface area contributed by atoms with Crippen molar-refractivity contribution in [3.05, 3.63) is 203 Å². The molecule has 28 heteroatoms. The third-order valence-electron chi connectivity index (χ3n) is 12.9. The topological polar surface area (TPSA) is 210 Å². The first-order chi connectivity index (χ1) is 41.0. The van der Waals surface area contributed by atoms with Crippen LogP contribution in [0.25, 0.3) is 33.3 Å². The molecular formula is C59H50BBr2ClF6N8O7S3. The summed E-state index contributed by atoms with van der Waals surface area (Å²) in [6.45, 7) is 17.7. The number of amides is 2. The molecule has 452 valence electrons. The number of aryl methyl sites for hydroxylation is 5. The van der Waals surface area contributed by atoms with Gasteiger partial charge >= 0.3 is 7.12 Å². The number of nitrogens with one attached hydrogen (secondary N) is 2. The van der Waals surface area contributed by atoms with Gasteiger partial charge in [-0.1, -0.05) is 69.9 Å². The van der Waals surface area contributed by atoms with Crippen LogP contribution in [0.5, 0.6) is 0 Å². The molecule has 0 radical (unpaired) electrons. The van der Waals surface area contributed by atoms with Crippen LogP contribution in [-0.2, 0) is 9.31 Å². The van der Waals surface area contributed by atoms with E-state index in [-0.39, 0.29) is 28.6 Å². The van der Waals surface area contributed by atoms with Gasteiger partial charge in [-0.15, -0.1) is 0 Å². The SMILES string of the molecule is Cc1ccc(-c2ncco2)cc1-c1sc(NC(=O)c2c(F)cccc2F)nc1C.Cc1ccc(-c2ncco2)cc1B1OC(C)(C)C(C)(C)O1.Cc1nc(N)sc1Br.Cc1nc(NC(=O)c2c(F)cccc2F)sc1Br.O=C(Cl)c1c(F)cccc1F. The second kappa shape index (κ2) is 29.1. The monoisotopic (exact) mass is 1400 g/mol. The molecule has 10 aromatic rings. The van der Waals surface area contributed by atoms with Gasteiger partial charge in [0.2, 0.25) is 11.8 Å². The molecule has 0 saturated carbocycles. The highest BCUT2D eigenvalue weighted by Gasteiger charge is 2.52. The molecule has 11 rings (SSSR count). The molecule has 5 aromatic carbocycles. The number of carbonyl (C=O) groups excluding carboxylic acids is 3. The number of hydrogen-bond donors (Lipinski definition) is 3. The second-order valence-corrected chi connectivity index (χ2v) is 25.6. The van der Waals surface area contributed by atoms with Crippen LogP contribution in [0.2, 0.25) is 0 Å². The maximum absolute atomic E-state index is 13.9. The molecule has 2 amide bonds. The molecule has 0 bridgehead atoms. The van der Waals surface area contributed by atoms with E-state index in [9.17, 15) is 40.7 Å². The third-order valence-corrected chi connectivity index (χ3v) is 18.0. The van der Waals surface area contributed by atoms with E-state index in [1.807, 2.05) is 57.2 Å². The zero-order valence-electron chi connectivity index (χ0n) is 47.3. The Morgan fingerprint density at radius 2 is 0.977 bits per heavy atom. The number of hydrogen-bond acceptors (Lipinski definition) is 16. The van der Waals surface area contributed by atoms with Crippen molar-refractivity contribution in [2.45, 2.75) is 73.5 Å². The number of nitrogens with two attached hydrogens (primary N) is 1. The maximum Gasteiger partial charge on any atom is 0.495 e. The van der Waals surface area contributed by atoms with E-state index in [0.717, 1.165) is 93.9 Å². The molecule has 0 unspecified atom stereocenters. The fourth-order valence-electron chi connectivity index (χ4n) is 7.69. The van der Waals surface area contributed by atoms with E-state index in [0.29, 0.717) is 28.3 Å². The van der Waals surface area contributed by atoms with Gasteiger partial charge in [0.15, 0.2) is 15.4 Å². The van der Waals surface area contributed by atoms with Gasteiger partial charge in [0.25, 0.3) is 17.1 Å². The normalized spacial score (nSPS) is 12.7. The quantitative estimate of drug-likeness (QED) is 0.0698. The molecule has 1 saturated heterocycles. The summed E-state index contributed by atoms with van der Waals surface area (Å²) in [5.41, 5.74) is 10.9. The van der Waals surface area contributed by atoms with E-state index in [4.69, 9.17) is 35.5 Å². The number of anilines is 3. The number of thiazole rings is 3. The van der Waals surface area contributed by atoms with Gasteiger partial charge in [0.05, 0.1) is 53.1 Å². The molecular weight excluding hydrogens is 1350 g/mol. The first-order valence-corrected chi connectivity index (χ1v) is 30.0.